The van der Waals surface area contributed by atoms with Gasteiger partial charge in [0.05, 0.1) is 0 Å². The van der Waals surface area contributed by atoms with Gasteiger partial charge in [0.2, 0.25) is 0 Å². The summed E-state index contributed by atoms with van der Waals surface area (Å²) >= 11 is 0. The smallest absolute Gasteiger partial charge is 0.310 e. The summed E-state index contributed by atoms with van der Waals surface area (Å²) in [5, 5.41) is 0. The molecule has 0 radical (unpaired) electrons. The van der Waals surface area contributed by atoms with E-state index in [2.05, 4.69) is 0 Å². The minimum absolute atomic E-state index is 0.262. The lowest BCUT2D eigenvalue weighted by molar-refractivity contribution is -0.134. The van der Waals surface area contributed by atoms with Gasteiger partial charge in [-0.15, -0.1) is 0 Å². The van der Waals surface area contributed by atoms with Gasteiger partial charge < -0.3 is 9.47 Å². The summed E-state index contributed by atoms with van der Waals surface area (Å²) in [6, 6.07) is 10.0. The van der Waals surface area contributed by atoms with Crippen LogP contribution < -0.4 is 9.47 Å². The van der Waals surface area contributed by atoms with Crippen molar-refractivity contribution in [1.29, 1.82) is 0 Å². The van der Waals surface area contributed by atoms with Crippen LogP contribution in [0.3, 0.4) is 0 Å². The van der Waals surface area contributed by atoms with Crippen molar-refractivity contribution in [2.45, 2.75) is 40.2 Å². The Morgan fingerprint density at radius 1 is 1.13 bits per heavy atom. The predicted molar refractivity (Wildman–Crippen MR) is 87.2 cm³/mol. The van der Waals surface area contributed by atoms with Gasteiger partial charge in [0, 0.05) is 12.0 Å². The number of hydrogen-bond donors (Lipinski definition) is 0. The quantitative estimate of drug-likeness (QED) is 0.577. The van der Waals surface area contributed by atoms with Gasteiger partial charge in [0.25, 0.3) is 0 Å². The number of hydrogen-bond acceptors (Lipinski definition) is 3. The van der Waals surface area contributed by atoms with Crippen LogP contribution in [0, 0.1) is 12.7 Å². The molecule has 0 aliphatic rings. The first-order valence-corrected chi connectivity index (χ1v) is 7.75. The molecule has 0 unspecified atom stereocenters. The van der Waals surface area contributed by atoms with Gasteiger partial charge in [-0.25, -0.2) is 4.39 Å². The highest BCUT2D eigenvalue weighted by Gasteiger charge is 2.12. The molecule has 4 heteroatoms. The number of ether oxygens (including phenoxy) is 2. The predicted octanol–water partition coefficient (Wildman–Crippen LogP) is 4.59. The fourth-order valence-electron chi connectivity index (χ4n) is 2.27. The number of carbonyl (C=O) groups excluding carboxylic acids is 1. The number of halogens is 1. The molecule has 0 heterocycles. The van der Waals surface area contributed by atoms with E-state index in [1.807, 2.05) is 26.0 Å². The van der Waals surface area contributed by atoms with Crippen molar-refractivity contribution < 1.29 is 18.7 Å². The average Bonchev–Trinajstić information content (AvgIpc) is 2.55. The van der Waals surface area contributed by atoms with E-state index in [4.69, 9.17) is 9.47 Å². The van der Waals surface area contributed by atoms with Crippen molar-refractivity contribution in [3.05, 3.63) is 58.9 Å². The topological polar surface area (TPSA) is 35.5 Å². The summed E-state index contributed by atoms with van der Waals surface area (Å²) in [6.07, 6.45) is 0.991. The van der Waals surface area contributed by atoms with Gasteiger partial charge in [0.15, 0.2) is 0 Å². The van der Waals surface area contributed by atoms with Crippen LogP contribution in [0.15, 0.2) is 36.4 Å². The molecule has 0 spiro atoms. The Balaban J connectivity index is 2.22. The molecule has 3 nitrogen and oxygen atoms in total. The number of rotatable bonds is 6. The monoisotopic (exact) mass is 316 g/mol. The molecule has 2 aromatic rings. The zero-order valence-electron chi connectivity index (χ0n) is 13.7. The van der Waals surface area contributed by atoms with E-state index in [0.717, 1.165) is 16.7 Å². The van der Waals surface area contributed by atoms with E-state index in [9.17, 15) is 9.18 Å². The number of benzene rings is 2. The lowest BCUT2D eigenvalue weighted by Crippen LogP contribution is -2.09. The second-order valence-electron chi connectivity index (χ2n) is 5.27. The fraction of sp³-hybridized carbons (Fsp3) is 0.316. The summed E-state index contributed by atoms with van der Waals surface area (Å²) in [5.74, 6) is 0.595. The second kappa shape index (κ2) is 7.77. The molecule has 0 N–H and O–H groups in total. The Morgan fingerprint density at radius 3 is 2.61 bits per heavy atom. The van der Waals surface area contributed by atoms with Crippen LogP contribution in [0.2, 0.25) is 0 Å². The van der Waals surface area contributed by atoms with Gasteiger partial charge >= 0.3 is 5.97 Å². The van der Waals surface area contributed by atoms with Crippen LogP contribution in [0.25, 0.3) is 0 Å². The normalized spacial score (nSPS) is 10.4. The van der Waals surface area contributed by atoms with E-state index in [-0.39, 0.29) is 18.4 Å². The lowest BCUT2D eigenvalue weighted by atomic mass is 10.1. The Hall–Kier alpha value is -2.36. The Morgan fingerprint density at radius 2 is 1.91 bits per heavy atom. The zero-order valence-corrected chi connectivity index (χ0v) is 13.7. The summed E-state index contributed by atoms with van der Waals surface area (Å²) in [5.41, 5.74) is 2.61. The Bertz CT molecular complexity index is 695. The summed E-state index contributed by atoms with van der Waals surface area (Å²) < 4.78 is 24.5. The molecule has 0 bridgehead atoms. The molecule has 2 aromatic carbocycles. The first-order valence-electron chi connectivity index (χ1n) is 7.75. The molecule has 0 fully saturated rings. The fourth-order valence-corrected chi connectivity index (χ4v) is 2.27. The van der Waals surface area contributed by atoms with E-state index >= 15 is 0 Å². The standard InChI is InChI=1S/C19H21FO3/c1-4-14-11-15(20)9-10-17(14)22-12-16-13(3)7-6-8-18(16)23-19(21)5-2/h6-11H,4-5,12H2,1-3H3. The van der Waals surface area contributed by atoms with Gasteiger partial charge in [-0.2, -0.15) is 0 Å². The van der Waals surface area contributed by atoms with Crippen molar-refractivity contribution in [2.24, 2.45) is 0 Å². The zero-order chi connectivity index (χ0) is 16.8. The van der Waals surface area contributed by atoms with Gasteiger partial charge in [-0.05, 0) is 48.7 Å². The SMILES string of the molecule is CCC(=O)Oc1cccc(C)c1COc1ccc(F)cc1CC. The third kappa shape index (κ3) is 4.31. The van der Waals surface area contributed by atoms with E-state index in [0.29, 0.717) is 24.3 Å². The molecule has 0 aromatic heterocycles. The highest BCUT2D eigenvalue weighted by molar-refractivity contribution is 5.72. The van der Waals surface area contributed by atoms with Gasteiger partial charge in [-0.1, -0.05) is 26.0 Å². The van der Waals surface area contributed by atoms with E-state index < -0.39 is 0 Å². The van der Waals surface area contributed by atoms with Crippen molar-refractivity contribution in [3.8, 4) is 11.5 Å². The van der Waals surface area contributed by atoms with Crippen molar-refractivity contribution in [1.82, 2.24) is 0 Å². The molecule has 2 rings (SSSR count). The van der Waals surface area contributed by atoms with Crippen molar-refractivity contribution >= 4 is 5.97 Å². The van der Waals surface area contributed by atoms with Gasteiger partial charge in [-0.3, -0.25) is 4.79 Å². The molecule has 0 saturated carbocycles. The maximum atomic E-state index is 13.3. The highest BCUT2D eigenvalue weighted by Crippen LogP contribution is 2.26. The molecule has 0 saturated heterocycles. The summed E-state index contributed by atoms with van der Waals surface area (Å²) in [4.78, 5) is 11.6. The van der Waals surface area contributed by atoms with E-state index in [1.54, 1.807) is 19.1 Å². The van der Waals surface area contributed by atoms with Crippen LogP contribution in [-0.2, 0) is 17.8 Å². The van der Waals surface area contributed by atoms with Crippen LogP contribution in [0.4, 0.5) is 4.39 Å². The Kier molecular flexibility index (Phi) is 5.74. The molecular weight excluding hydrogens is 295 g/mol. The molecular formula is C19H21FO3. The first kappa shape index (κ1) is 17.0. The number of aryl methyl sites for hydroxylation is 2. The molecule has 0 amide bonds. The molecule has 0 aliphatic carbocycles. The lowest BCUT2D eigenvalue weighted by Gasteiger charge is -2.15. The maximum absolute atomic E-state index is 13.3. The molecule has 0 atom stereocenters. The van der Waals surface area contributed by atoms with Crippen LogP contribution >= 0.6 is 0 Å². The van der Waals surface area contributed by atoms with Gasteiger partial charge in [0.1, 0.15) is 23.9 Å². The van der Waals surface area contributed by atoms with Crippen molar-refractivity contribution in [2.75, 3.05) is 0 Å². The molecule has 122 valence electrons. The van der Waals surface area contributed by atoms with E-state index in [1.165, 1.54) is 12.1 Å². The first-order chi connectivity index (χ1) is 11.0. The second-order valence-corrected chi connectivity index (χ2v) is 5.27. The number of esters is 1. The summed E-state index contributed by atoms with van der Waals surface area (Å²) in [6.45, 7) is 5.90. The average molecular weight is 316 g/mol. The van der Waals surface area contributed by atoms with Crippen LogP contribution in [0.1, 0.15) is 37.0 Å². The number of carbonyl (C=O) groups is 1. The highest BCUT2D eigenvalue weighted by atomic mass is 19.1. The van der Waals surface area contributed by atoms with Crippen LogP contribution in [-0.4, -0.2) is 5.97 Å². The molecule has 23 heavy (non-hydrogen) atoms. The largest absolute Gasteiger partial charge is 0.488 e. The molecule has 0 aliphatic heterocycles. The minimum Gasteiger partial charge on any atom is -0.488 e. The minimum atomic E-state index is -0.284. The van der Waals surface area contributed by atoms with Crippen molar-refractivity contribution in [3.63, 3.8) is 0 Å². The third-order valence-electron chi connectivity index (χ3n) is 3.66. The Labute approximate surface area is 136 Å². The third-order valence-corrected chi connectivity index (χ3v) is 3.66. The maximum Gasteiger partial charge on any atom is 0.310 e. The van der Waals surface area contributed by atoms with Crippen LogP contribution in [0.5, 0.6) is 11.5 Å². The summed E-state index contributed by atoms with van der Waals surface area (Å²) in [7, 11) is 0.